The molecule has 122 valence electrons. The van der Waals surface area contributed by atoms with Gasteiger partial charge in [0.15, 0.2) is 0 Å². The number of carbonyl (C=O) groups excluding carboxylic acids is 1. The molecule has 0 saturated heterocycles. The first kappa shape index (κ1) is 17.3. The van der Waals surface area contributed by atoms with E-state index >= 15 is 0 Å². The minimum absolute atomic E-state index is 0.142. The minimum Gasteiger partial charge on any atom is -0.354 e. The maximum Gasteiger partial charge on any atom is 0.220 e. The van der Waals surface area contributed by atoms with Gasteiger partial charge in [-0.3, -0.25) is 4.79 Å². The Bertz CT molecular complexity index is 634. The second-order valence-corrected chi connectivity index (χ2v) is 6.41. The number of nitrogens with one attached hydrogen (secondary N) is 1. The van der Waals surface area contributed by atoms with Crippen LogP contribution in [0, 0.1) is 13.8 Å². The molecule has 0 fully saturated rings. The van der Waals surface area contributed by atoms with Crippen molar-refractivity contribution in [2.45, 2.75) is 52.5 Å². The first-order chi connectivity index (χ1) is 11.0. The molecule has 0 saturated carbocycles. The quantitative estimate of drug-likeness (QED) is 0.808. The summed E-state index contributed by atoms with van der Waals surface area (Å²) >= 11 is 0. The van der Waals surface area contributed by atoms with Crippen LogP contribution < -0.4 is 5.32 Å². The fraction of sp³-hybridized carbons (Fsp3) is 0.381. The van der Waals surface area contributed by atoms with Crippen LogP contribution in [0.25, 0.3) is 0 Å². The van der Waals surface area contributed by atoms with Crippen molar-refractivity contribution in [3.8, 4) is 0 Å². The van der Waals surface area contributed by atoms with Crippen molar-refractivity contribution in [2.75, 3.05) is 0 Å². The van der Waals surface area contributed by atoms with Crippen molar-refractivity contribution in [1.29, 1.82) is 0 Å². The Morgan fingerprint density at radius 3 is 2.39 bits per heavy atom. The molecule has 0 radical (unpaired) electrons. The number of hydrogen-bond donors (Lipinski definition) is 1. The first-order valence-electron chi connectivity index (χ1n) is 8.44. The molecule has 23 heavy (non-hydrogen) atoms. The van der Waals surface area contributed by atoms with Crippen LogP contribution in [0.15, 0.2) is 48.5 Å². The van der Waals surface area contributed by atoms with Crippen LogP contribution in [-0.2, 0) is 17.6 Å². The molecule has 1 amide bonds. The molecule has 2 nitrogen and oxygen atoms in total. The number of amides is 1. The predicted octanol–water partition coefficient (Wildman–Crippen LogP) is 4.37. The summed E-state index contributed by atoms with van der Waals surface area (Å²) in [4.78, 5) is 12.1. The SMILES string of the molecule is Cc1ccc(CCC(=O)N[C@H](C)CCc2ccccc2)cc1C. The highest BCUT2D eigenvalue weighted by atomic mass is 16.1. The molecular weight excluding hydrogens is 282 g/mol. The lowest BCUT2D eigenvalue weighted by molar-refractivity contribution is -0.121. The van der Waals surface area contributed by atoms with E-state index in [0.717, 1.165) is 19.3 Å². The third-order valence-corrected chi connectivity index (χ3v) is 4.33. The molecule has 0 heterocycles. The lowest BCUT2D eigenvalue weighted by atomic mass is 10.0. The van der Waals surface area contributed by atoms with Crippen LogP contribution in [0.4, 0.5) is 0 Å². The van der Waals surface area contributed by atoms with Gasteiger partial charge in [-0.15, -0.1) is 0 Å². The van der Waals surface area contributed by atoms with Gasteiger partial charge in [0.05, 0.1) is 0 Å². The molecule has 0 aromatic heterocycles. The van der Waals surface area contributed by atoms with E-state index in [2.05, 4.69) is 68.6 Å². The summed E-state index contributed by atoms with van der Waals surface area (Å²) in [6, 6.07) is 17.1. The lowest BCUT2D eigenvalue weighted by Crippen LogP contribution is -2.33. The highest BCUT2D eigenvalue weighted by Gasteiger charge is 2.08. The van der Waals surface area contributed by atoms with Crippen molar-refractivity contribution in [2.24, 2.45) is 0 Å². The van der Waals surface area contributed by atoms with E-state index < -0.39 is 0 Å². The third-order valence-electron chi connectivity index (χ3n) is 4.33. The average Bonchev–Trinajstić information content (AvgIpc) is 2.55. The Labute approximate surface area is 139 Å². The van der Waals surface area contributed by atoms with E-state index in [9.17, 15) is 4.79 Å². The van der Waals surface area contributed by atoms with Gasteiger partial charge in [0.1, 0.15) is 0 Å². The zero-order valence-corrected chi connectivity index (χ0v) is 14.4. The molecule has 0 bridgehead atoms. The molecule has 1 N–H and O–H groups in total. The van der Waals surface area contributed by atoms with Crippen molar-refractivity contribution in [3.05, 3.63) is 70.8 Å². The van der Waals surface area contributed by atoms with E-state index in [1.54, 1.807) is 0 Å². The van der Waals surface area contributed by atoms with Gasteiger partial charge < -0.3 is 5.32 Å². The van der Waals surface area contributed by atoms with Crippen LogP contribution >= 0.6 is 0 Å². The van der Waals surface area contributed by atoms with E-state index in [0.29, 0.717) is 6.42 Å². The van der Waals surface area contributed by atoms with Crippen LogP contribution in [0.1, 0.15) is 42.0 Å². The Morgan fingerprint density at radius 2 is 1.70 bits per heavy atom. The van der Waals surface area contributed by atoms with Gasteiger partial charge in [-0.2, -0.15) is 0 Å². The summed E-state index contributed by atoms with van der Waals surface area (Å²) in [6.45, 7) is 6.31. The fourth-order valence-corrected chi connectivity index (χ4v) is 2.66. The molecular formula is C21H27NO. The fourth-order valence-electron chi connectivity index (χ4n) is 2.66. The van der Waals surface area contributed by atoms with Crippen molar-refractivity contribution in [3.63, 3.8) is 0 Å². The number of rotatable bonds is 7. The van der Waals surface area contributed by atoms with Crippen molar-refractivity contribution in [1.82, 2.24) is 5.32 Å². The highest BCUT2D eigenvalue weighted by Crippen LogP contribution is 2.11. The molecule has 0 aliphatic rings. The number of benzene rings is 2. The van der Waals surface area contributed by atoms with Gasteiger partial charge in [0.25, 0.3) is 0 Å². The Morgan fingerprint density at radius 1 is 0.957 bits per heavy atom. The molecule has 2 aromatic carbocycles. The molecule has 2 aromatic rings. The maximum absolute atomic E-state index is 12.1. The van der Waals surface area contributed by atoms with Crippen molar-refractivity contribution >= 4 is 5.91 Å². The Hall–Kier alpha value is -2.09. The normalized spacial score (nSPS) is 12.0. The van der Waals surface area contributed by atoms with Crippen LogP contribution in [0.3, 0.4) is 0 Å². The molecule has 0 unspecified atom stereocenters. The second kappa shape index (κ2) is 8.52. The van der Waals surface area contributed by atoms with Crippen molar-refractivity contribution < 1.29 is 4.79 Å². The molecule has 1 atom stereocenters. The number of carbonyl (C=O) groups is 1. The maximum atomic E-state index is 12.1. The van der Waals surface area contributed by atoms with E-state index in [-0.39, 0.29) is 11.9 Å². The topological polar surface area (TPSA) is 29.1 Å². The smallest absolute Gasteiger partial charge is 0.220 e. The average molecular weight is 309 g/mol. The zero-order chi connectivity index (χ0) is 16.7. The summed E-state index contributed by atoms with van der Waals surface area (Å²) in [5.74, 6) is 0.142. The number of aryl methyl sites for hydroxylation is 4. The lowest BCUT2D eigenvalue weighted by Gasteiger charge is -2.14. The molecule has 0 aliphatic heterocycles. The van der Waals surface area contributed by atoms with Gasteiger partial charge in [-0.25, -0.2) is 0 Å². The molecule has 2 rings (SSSR count). The van der Waals surface area contributed by atoms with Crippen LogP contribution in [-0.4, -0.2) is 11.9 Å². The highest BCUT2D eigenvalue weighted by molar-refractivity contribution is 5.76. The summed E-state index contributed by atoms with van der Waals surface area (Å²) in [5.41, 5.74) is 5.15. The summed E-state index contributed by atoms with van der Waals surface area (Å²) in [6.07, 6.45) is 3.33. The standard InChI is InChI=1S/C21H27NO/c1-16-9-11-20(15-17(16)2)13-14-21(23)22-18(3)10-12-19-7-5-4-6-8-19/h4-9,11,15,18H,10,12-14H2,1-3H3,(H,22,23)/t18-/m1/s1. The monoisotopic (exact) mass is 309 g/mol. The summed E-state index contributed by atoms with van der Waals surface area (Å²) in [5, 5.41) is 3.11. The molecule has 0 spiro atoms. The first-order valence-corrected chi connectivity index (χ1v) is 8.44. The summed E-state index contributed by atoms with van der Waals surface area (Å²) in [7, 11) is 0. The van der Waals surface area contributed by atoms with Gasteiger partial charge >= 0.3 is 0 Å². The van der Waals surface area contributed by atoms with Gasteiger partial charge in [-0.1, -0.05) is 48.5 Å². The Balaban J connectivity index is 1.72. The predicted molar refractivity (Wildman–Crippen MR) is 96.6 cm³/mol. The van der Waals surface area contributed by atoms with Crippen LogP contribution in [0.2, 0.25) is 0 Å². The van der Waals surface area contributed by atoms with Gasteiger partial charge in [-0.05, 0) is 62.3 Å². The molecule has 0 aliphatic carbocycles. The van der Waals surface area contributed by atoms with E-state index in [1.165, 1.54) is 22.3 Å². The summed E-state index contributed by atoms with van der Waals surface area (Å²) < 4.78 is 0. The molecule has 2 heteroatoms. The number of hydrogen-bond acceptors (Lipinski definition) is 1. The van der Waals surface area contributed by atoms with Crippen LogP contribution in [0.5, 0.6) is 0 Å². The largest absolute Gasteiger partial charge is 0.354 e. The Kier molecular flexibility index (Phi) is 6.40. The van der Waals surface area contributed by atoms with E-state index in [4.69, 9.17) is 0 Å². The zero-order valence-electron chi connectivity index (χ0n) is 14.4. The van der Waals surface area contributed by atoms with Gasteiger partial charge in [0, 0.05) is 12.5 Å². The van der Waals surface area contributed by atoms with E-state index in [1.807, 2.05) is 6.07 Å². The third kappa shape index (κ3) is 5.90. The van der Waals surface area contributed by atoms with Gasteiger partial charge in [0.2, 0.25) is 5.91 Å². The minimum atomic E-state index is 0.142. The second-order valence-electron chi connectivity index (χ2n) is 6.41.